The number of hydrogen-bond acceptors (Lipinski definition) is 7. The van der Waals surface area contributed by atoms with Gasteiger partial charge in [0.1, 0.15) is 5.00 Å². The lowest BCUT2D eigenvalue weighted by molar-refractivity contribution is 0.113. The summed E-state index contributed by atoms with van der Waals surface area (Å²) >= 11 is 1.36. The van der Waals surface area contributed by atoms with E-state index in [2.05, 4.69) is 14.9 Å². The van der Waals surface area contributed by atoms with Crippen molar-refractivity contribution in [2.24, 2.45) is 0 Å². The van der Waals surface area contributed by atoms with E-state index < -0.39 is 10.0 Å². The van der Waals surface area contributed by atoms with Gasteiger partial charge < -0.3 is 9.26 Å². The number of anilines is 1. The quantitative estimate of drug-likeness (QED) is 0.662. The van der Waals surface area contributed by atoms with E-state index in [4.69, 9.17) is 9.26 Å². The number of hydrogen-bond donors (Lipinski definition) is 1. The summed E-state index contributed by atoms with van der Waals surface area (Å²) in [4.78, 5) is 5.65. The van der Waals surface area contributed by atoms with E-state index >= 15 is 0 Å². The van der Waals surface area contributed by atoms with Crippen molar-refractivity contribution in [3.05, 3.63) is 44.6 Å². The van der Waals surface area contributed by atoms with Crippen LogP contribution in [-0.2, 0) is 27.8 Å². The first-order chi connectivity index (χ1) is 13.7. The maximum absolute atomic E-state index is 13.4. The van der Waals surface area contributed by atoms with Gasteiger partial charge in [-0.25, -0.2) is 8.42 Å². The second-order valence-corrected chi connectivity index (χ2v) is 10.1. The van der Waals surface area contributed by atoms with E-state index in [1.807, 2.05) is 33.8 Å². The molecule has 1 aromatic carbocycles. The fourth-order valence-corrected chi connectivity index (χ4v) is 6.79. The predicted octanol–water partition coefficient (Wildman–Crippen LogP) is 4.21. The second-order valence-electron chi connectivity index (χ2n) is 7.35. The van der Waals surface area contributed by atoms with Gasteiger partial charge in [-0.3, -0.25) is 4.72 Å². The number of nitrogens with one attached hydrogen (secondary N) is 1. The largest absolute Gasteiger partial charge is 0.376 e. The Bertz CT molecular complexity index is 1180. The van der Waals surface area contributed by atoms with Gasteiger partial charge in [0.25, 0.3) is 15.9 Å². The summed E-state index contributed by atoms with van der Waals surface area (Å²) < 4.78 is 40.7. The van der Waals surface area contributed by atoms with E-state index in [1.54, 1.807) is 6.92 Å². The van der Waals surface area contributed by atoms with Crippen molar-refractivity contribution < 1.29 is 17.7 Å². The molecule has 154 valence electrons. The topological polar surface area (TPSA) is 94.3 Å². The van der Waals surface area contributed by atoms with Crippen LogP contribution in [0.2, 0.25) is 0 Å². The minimum Gasteiger partial charge on any atom is -0.376 e. The molecule has 0 saturated heterocycles. The van der Waals surface area contributed by atoms with Crippen LogP contribution >= 0.6 is 11.3 Å². The van der Waals surface area contributed by atoms with Crippen LogP contribution in [0.3, 0.4) is 0 Å². The van der Waals surface area contributed by atoms with Crippen LogP contribution in [0.15, 0.2) is 15.5 Å². The van der Waals surface area contributed by atoms with Crippen LogP contribution in [0.1, 0.15) is 38.5 Å². The second kappa shape index (κ2) is 7.23. The molecule has 4 rings (SSSR count). The fraction of sp³-hybridized carbons (Fsp3) is 0.400. The molecular formula is C20H23N3O4S2. The van der Waals surface area contributed by atoms with Gasteiger partial charge in [-0.15, -0.1) is 11.3 Å². The number of thiophene rings is 1. The Labute approximate surface area is 174 Å². The van der Waals surface area contributed by atoms with E-state index in [0.29, 0.717) is 46.8 Å². The maximum Gasteiger partial charge on any atom is 0.263 e. The molecule has 0 amide bonds. The van der Waals surface area contributed by atoms with Crippen molar-refractivity contribution in [1.82, 2.24) is 10.1 Å². The number of sulfonamides is 1. The number of benzene rings is 1. The third kappa shape index (κ3) is 3.47. The highest BCUT2D eigenvalue weighted by atomic mass is 32.2. The molecule has 3 heterocycles. The lowest BCUT2D eigenvalue weighted by Gasteiger charge is -2.16. The summed E-state index contributed by atoms with van der Waals surface area (Å²) in [7, 11) is -3.81. The number of aryl methyl sites for hydroxylation is 3. The monoisotopic (exact) mass is 433 g/mol. The van der Waals surface area contributed by atoms with Crippen LogP contribution in [0.4, 0.5) is 5.00 Å². The first-order valence-electron chi connectivity index (χ1n) is 9.32. The molecular weight excluding hydrogens is 410 g/mol. The minimum atomic E-state index is -3.81. The van der Waals surface area contributed by atoms with Crippen molar-refractivity contribution in [3.63, 3.8) is 0 Å². The maximum atomic E-state index is 13.4. The van der Waals surface area contributed by atoms with E-state index in [-0.39, 0.29) is 0 Å². The van der Waals surface area contributed by atoms with Gasteiger partial charge in [0.2, 0.25) is 0 Å². The third-order valence-electron chi connectivity index (χ3n) is 5.35. The molecule has 0 atom stereocenters. The first-order valence-corrected chi connectivity index (χ1v) is 11.6. The van der Waals surface area contributed by atoms with Gasteiger partial charge in [-0.1, -0.05) is 11.2 Å². The smallest absolute Gasteiger partial charge is 0.263 e. The summed E-state index contributed by atoms with van der Waals surface area (Å²) in [6.07, 6.45) is 0.673. The highest BCUT2D eigenvalue weighted by Gasteiger charge is 2.30. The van der Waals surface area contributed by atoms with Crippen molar-refractivity contribution in [2.45, 2.75) is 52.5 Å². The predicted molar refractivity (Wildman–Crippen MR) is 112 cm³/mol. The SMILES string of the molecule is Cc1noc(-c2c(NS(=O)(=O)c3c(C)c(C)cc(C)c3C)sc3c2CCOC3)n1. The van der Waals surface area contributed by atoms with Gasteiger partial charge in [0.15, 0.2) is 5.82 Å². The molecule has 0 spiro atoms. The van der Waals surface area contributed by atoms with E-state index in [9.17, 15) is 8.42 Å². The standard InChI is InChI=1S/C20H23N3O4S2/c1-10-8-11(2)13(4)18(12(10)3)29(24,25)23-20-17(19-21-14(5)22-27-19)15-6-7-26-9-16(15)28-20/h8,23H,6-7,9H2,1-5H3. The first kappa shape index (κ1) is 20.1. The van der Waals surface area contributed by atoms with Crippen LogP contribution in [0.5, 0.6) is 0 Å². The lowest BCUT2D eigenvalue weighted by atomic mass is 10.0. The van der Waals surface area contributed by atoms with Crippen molar-refractivity contribution in [3.8, 4) is 11.5 Å². The number of aromatic nitrogens is 2. The molecule has 0 fully saturated rings. The van der Waals surface area contributed by atoms with Crippen molar-refractivity contribution in [2.75, 3.05) is 11.3 Å². The normalized spacial score (nSPS) is 14.1. The number of ether oxygens (including phenoxy) is 1. The van der Waals surface area contributed by atoms with Crippen molar-refractivity contribution >= 4 is 26.4 Å². The molecule has 9 heteroatoms. The van der Waals surface area contributed by atoms with Crippen molar-refractivity contribution in [1.29, 1.82) is 0 Å². The fourth-order valence-electron chi connectivity index (χ4n) is 3.69. The van der Waals surface area contributed by atoms with Crippen LogP contribution < -0.4 is 4.72 Å². The highest BCUT2D eigenvalue weighted by Crippen LogP contribution is 2.43. The molecule has 0 unspecified atom stereocenters. The van der Waals surface area contributed by atoms with Gasteiger partial charge in [-0.2, -0.15) is 4.98 Å². The molecule has 0 saturated carbocycles. The Morgan fingerprint density at radius 3 is 2.41 bits per heavy atom. The summed E-state index contributed by atoms with van der Waals surface area (Å²) in [5.41, 5.74) is 5.06. The molecule has 0 aliphatic carbocycles. The zero-order valence-electron chi connectivity index (χ0n) is 17.0. The average molecular weight is 434 g/mol. The summed E-state index contributed by atoms with van der Waals surface area (Å²) in [6.45, 7) is 10.3. The van der Waals surface area contributed by atoms with Gasteiger partial charge in [0.05, 0.1) is 23.7 Å². The molecule has 29 heavy (non-hydrogen) atoms. The Kier molecular flexibility index (Phi) is 5.00. The zero-order chi connectivity index (χ0) is 20.9. The molecule has 1 aliphatic rings. The Balaban J connectivity index is 1.86. The Hall–Kier alpha value is -2.23. The van der Waals surface area contributed by atoms with E-state index in [0.717, 1.165) is 32.7 Å². The molecule has 3 aromatic rings. The van der Waals surface area contributed by atoms with Gasteiger partial charge in [-0.05, 0) is 68.9 Å². The number of rotatable bonds is 4. The summed E-state index contributed by atoms with van der Waals surface area (Å²) in [5, 5.41) is 4.37. The zero-order valence-corrected chi connectivity index (χ0v) is 18.7. The number of fused-ring (bicyclic) bond motifs is 1. The third-order valence-corrected chi connectivity index (χ3v) is 8.23. The molecule has 2 aromatic heterocycles. The minimum absolute atomic E-state index is 0.324. The summed E-state index contributed by atoms with van der Waals surface area (Å²) in [6, 6.07) is 2.01. The average Bonchev–Trinajstić information content (AvgIpc) is 3.22. The lowest BCUT2D eigenvalue weighted by Crippen LogP contribution is -2.17. The molecule has 1 aliphatic heterocycles. The molecule has 0 radical (unpaired) electrons. The van der Waals surface area contributed by atoms with E-state index in [1.165, 1.54) is 11.3 Å². The molecule has 0 bridgehead atoms. The van der Waals surface area contributed by atoms with Gasteiger partial charge in [0, 0.05) is 4.88 Å². The van der Waals surface area contributed by atoms with Crippen LogP contribution in [0, 0.1) is 34.6 Å². The van der Waals surface area contributed by atoms with Crippen LogP contribution in [0.25, 0.3) is 11.5 Å². The molecule has 1 N–H and O–H groups in total. The Morgan fingerprint density at radius 2 is 1.79 bits per heavy atom. The molecule has 7 nitrogen and oxygen atoms in total. The van der Waals surface area contributed by atoms with Crippen LogP contribution in [-0.4, -0.2) is 25.2 Å². The van der Waals surface area contributed by atoms with Gasteiger partial charge >= 0.3 is 0 Å². The highest BCUT2D eigenvalue weighted by molar-refractivity contribution is 7.93. The Morgan fingerprint density at radius 1 is 1.10 bits per heavy atom. The summed E-state index contributed by atoms with van der Waals surface area (Å²) in [5.74, 6) is 0.829. The number of nitrogens with zero attached hydrogens (tertiary/aromatic N) is 2.